The van der Waals surface area contributed by atoms with Crippen molar-refractivity contribution in [2.24, 2.45) is 0 Å². The van der Waals surface area contributed by atoms with Crippen LogP contribution in [0.5, 0.6) is 5.75 Å². The van der Waals surface area contributed by atoms with Gasteiger partial charge in [0.05, 0.1) is 6.10 Å². The van der Waals surface area contributed by atoms with Gasteiger partial charge in [0.2, 0.25) is 0 Å². The fraction of sp³-hybridized carbons (Fsp3) is 0.357. The van der Waals surface area contributed by atoms with Gasteiger partial charge in [0.25, 0.3) is 0 Å². The van der Waals surface area contributed by atoms with Crippen molar-refractivity contribution < 1.29 is 9.53 Å². The number of carbonyl (C=O) groups excluding carboxylic acids is 1. The molecule has 0 aromatic heterocycles. The second-order valence-electron chi connectivity index (χ2n) is 3.94. The summed E-state index contributed by atoms with van der Waals surface area (Å²) in [6.45, 7) is 7.54. The molecule has 0 saturated carbocycles. The van der Waals surface area contributed by atoms with Crippen LogP contribution in [0.3, 0.4) is 0 Å². The summed E-state index contributed by atoms with van der Waals surface area (Å²) in [5.74, 6) is 0.883. The zero-order valence-corrected chi connectivity index (χ0v) is 9.90. The van der Waals surface area contributed by atoms with E-state index >= 15 is 0 Å². The first kappa shape index (κ1) is 12.5. The first-order chi connectivity index (χ1) is 7.63. The minimum atomic E-state index is 0.124. The van der Waals surface area contributed by atoms with E-state index < -0.39 is 0 Å². The van der Waals surface area contributed by atoms with Crippen molar-refractivity contribution in [1.29, 1.82) is 0 Å². The lowest BCUT2D eigenvalue weighted by molar-refractivity contribution is 0.0983. The highest BCUT2D eigenvalue weighted by Gasteiger charge is 2.06. The van der Waals surface area contributed by atoms with Crippen LogP contribution >= 0.6 is 0 Å². The van der Waals surface area contributed by atoms with Crippen molar-refractivity contribution in [3.05, 3.63) is 42.5 Å². The van der Waals surface area contributed by atoms with Crippen molar-refractivity contribution in [2.45, 2.75) is 32.8 Å². The average Bonchev–Trinajstić information content (AvgIpc) is 2.25. The molecule has 0 unspecified atom stereocenters. The lowest BCUT2D eigenvalue weighted by Gasteiger charge is -2.10. The quantitative estimate of drug-likeness (QED) is 0.538. The second-order valence-corrected chi connectivity index (χ2v) is 3.94. The molecule has 0 atom stereocenters. The van der Waals surface area contributed by atoms with Crippen LogP contribution in [0.1, 0.15) is 37.0 Å². The highest BCUT2D eigenvalue weighted by Crippen LogP contribution is 2.16. The number of hydrogen-bond donors (Lipinski definition) is 0. The van der Waals surface area contributed by atoms with E-state index in [4.69, 9.17) is 4.74 Å². The maximum atomic E-state index is 11.7. The van der Waals surface area contributed by atoms with Gasteiger partial charge in [-0.1, -0.05) is 18.2 Å². The number of ether oxygens (including phenoxy) is 1. The molecule has 0 N–H and O–H groups in total. The molecule has 1 aromatic carbocycles. The third-order valence-corrected chi connectivity index (χ3v) is 2.10. The first-order valence-corrected chi connectivity index (χ1v) is 5.54. The Balaban J connectivity index is 2.73. The van der Waals surface area contributed by atoms with Crippen LogP contribution in [0.2, 0.25) is 0 Å². The standard InChI is InChI=1S/C14H18O2/c1-4-5-9-14(15)12-7-6-8-13(10-12)16-11(2)3/h4,6-8,10-11H,1,5,9H2,2-3H3. The molecule has 0 saturated heterocycles. The van der Waals surface area contributed by atoms with E-state index in [-0.39, 0.29) is 11.9 Å². The van der Waals surface area contributed by atoms with Crippen molar-refractivity contribution >= 4 is 5.78 Å². The summed E-state index contributed by atoms with van der Waals surface area (Å²) in [5, 5.41) is 0. The fourth-order valence-corrected chi connectivity index (χ4v) is 1.39. The first-order valence-electron chi connectivity index (χ1n) is 5.54. The number of hydrogen-bond acceptors (Lipinski definition) is 2. The van der Waals surface area contributed by atoms with Crippen LogP contribution in [0, 0.1) is 0 Å². The summed E-state index contributed by atoms with van der Waals surface area (Å²) in [6.07, 6.45) is 3.10. The van der Waals surface area contributed by atoms with Crippen LogP contribution in [0.15, 0.2) is 36.9 Å². The Labute approximate surface area is 96.9 Å². The van der Waals surface area contributed by atoms with Gasteiger partial charge >= 0.3 is 0 Å². The van der Waals surface area contributed by atoms with Gasteiger partial charge in [0.1, 0.15) is 5.75 Å². The summed E-state index contributed by atoms with van der Waals surface area (Å²) in [6, 6.07) is 7.33. The van der Waals surface area contributed by atoms with Crippen LogP contribution in [-0.4, -0.2) is 11.9 Å². The van der Waals surface area contributed by atoms with Gasteiger partial charge in [-0.3, -0.25) is 4.79 Å². The number of benzene rings is 1. The number of rotatable bonds is 6. The van der Waals surface area contributed by atoms with E-state index in [2.05, 4.69) is 6.58 Å². The SMILES string of the molecule is C=CCCC(=O)c1cccc(OC(C)C)c1. The molecular weight excluding hydrogens is 200 g/mol. The molecule has 0 fully saturated rings. The largest absolute Gasteiger partial charge is 0.491 e. The second kappa shape index (κ2) is 6.11. The van der Waals surface area contributed by atoms with Gasteiger partial charge in [-0.05, 0) is 32.4 Å². The van der Waals surface area contributed by atoms with E-state index in [0.717, 1.165) is 5.75 Å². The lowest BCUT2D eigenvalue weighted by atomic mass is 10.1. The van der Waals surface area contributed by atoms with Crippen LogP contribution < -0.4 is 4.74 Å². The monoisotopic (exact) mass is 218 g/mol. The Hall–Kier alpha value is -1.57. The number of Topliss-reactive ketones (excluding diaryl/α,β-unsaturated/α-hetero) is 1. The predicted molar refractivity (Wildman–Crippen MR) is 66.0 cm³/mol. The van der Waals surface area contributed by atoms with Crippen molar-refractivity contribution in [3.63, 3.8) is 0 Å². The van der Waals surface area contributed by atoms with E-state index in [0.29, 0.717) is 18.4 Å². The minimum Gasteiger partial charge on any atom is -0.491 e. The summed E-state index contributed by atoms with van der Waals surface area (Å²) < 4.78 is 5.54. The average molecular weight is 218 g/mol. The molecule has 0 aliphatic heterocycles. The molecular formula is C14H18O2. The number of ketones is 1. The van der Waals surface area contributed by atoms with E-state index in [1.54, 1.807) is 12.1 Å². The molecule has 2 heteroatoms. The van der Waals surface area contributed by atoms with Crippen LogP contribution in [0.4, 0.5) is 0 Å². The number of carbonyl (C=O) groups is 1. The molecule has 86 valence electrons. The highest BCUT2D eigenvalue weighted by atomic mass is 16.5. The molecule has 0 radical (unpaired) electrons. The Kier molecular flexibility index (Phi) is 4.77. The van der Waals surface area contributed by atoms with E-state index in [1.165, 1.54) is 0 Å². The molecule has 1 aromatic rings. The smallest absolute Gasteiger partial charge is 0.163 e. The molecule has 2 nitrogen and oxygen atoms in total. The third kappa shape index (κ3) is 3.89. The van der Waals surface area contributed by atoms with Crippen molar-refractivity contribution in [1.82, 2.24) is 0 Å². The fourth-order valence-electron chi connectivity index (χ4n) is 1.39. The summed E-state index contributed by atoms with van der Waals surface area (Å²) >= 11 is 0. The zero-order valence-electron chi connectivity index (χ0n) is 9.90. The molecule has 0 aliphatic rings. The maximum absolute atomic E-state index is 11.7. The predicted octanol–water partition coefficient (Wildman–Crippen LogP) is 3.62. The third-order valence-electron chi connectivity index (χ3n) is 2.10. The molecule has 0 bridgehead atoms. The van der Waals surface area contributed by atoms with Crippen LogP contribution in [0.25, 0.3) is 0 Å². The normalized spacial score (nSPS) is 10.2. The molecule has 16 heavy (non-hydrogen) atoms. The van der Waals surface area contributed by atoms with Crippen molar-refractivity contribution in [2.75, 3.05) is 0 Å². The number of allylic oxidation sites excluding steroid dienone is 1. The van der Waals surface area contributed by atoms with Gasteiger partial charge < -0.3 is 4.74 Å². The minimum absolute atomic E-state index is 0.124. The Morgan fingerprint density at radius 2 is 2.25 bits per heavy atom. The summed E-state index contributed by atoms with van der Waals surface area (Å²) in [4.78, 5) is 11.7. The lowest BCUT2D eigenvalue weighted by Crippen LogP contribution is -2.06. The van der Waals surface area contributed by atoms with Crippen molar-refractivity contribution in [3.8, 4) is 5.75 Å². The maximum Gasteiger partial charge on any atom is 0.163 e. The van der Waals surface area contributed by atoms with Crippen LogP contribution in [-0.2, 0) is 0 Å². The molecule has 0 aliphatic carbocycles. The molecule has 0 heterocycles. The topological polar surface area (TPSA) is 26.3 Å². The van der Waals surface area contributed by atoms with Gasteiger partial charge in [-0.2, -0.15) is 0 Å². The van der Waals surface area contributed by atoms with E-state index in [9.17, 15) is 4.79 Å². The molecule has 1 rings (SSSR count). The summed E-state index contributed by atoms with van der Waals surface area (Å²) in [5.41, 5.74) is 0.708. The highest BCUT2D eigenvalue weighted by molar-refractivity contribution is 5.96. The Morgan fingerprint density at radius 3 is 2.88 bits per heavy atom. The van der Waals surface area contributed by atoms with Gasteiger partial charge in [0.15, 0.2) is 5.78 Å². The Morgan fingerprint density at radius 1 is 1.50 bits per heavy atom. The van der Waals surface area contributed by atoms with Gasteiger partial charge in [-0.15, -0.1) is 6.58 Å². The zero-order chi connectivity index (χ0) is 12.0. The Bertz CT molecular complexity index is 367. The van der Waals surface area contributed by atoms with Gasteiger partial charge in [0, 0.05) is 12.0 Å². The molecule has 0 amide bonds. The summed E-state index contributed by atoms with van der Waals surface area (Å²) in [7, 11) is 0. The van der Waals surface area contributed by atoms with E-state index in [1.807, 2.05) is 32.0 Å². The van der Waals surface area contributed by atoms with Gasteiger partial charge in [-0.25, -0.2) is 0 Å². The molecule has 0 spiro atoms.